The fourth-order valence-electron chi connectivity index (χ4n) is 1.10. The van der Waals surface area contributed by atoms with Gasteiger partial charge in [0.15, 0.2) is 11.5 Å². The smallest absolute Gasteiger partial charge is 0.328 e. The molecule has 0 saturated carbocycles. The first-order valence-electron chi connectivity index (χ1n) is 5.47. The summed E-state index contributed by atoms with van der Waals surface area (Å²) in [6.07, 6.45) is 15.5. The molecule has 0 saturated heterocycles. The third-order valence-electron chi connectivity index (χ3n) is 1.88. The molecule has 6 nitrogen and oxygen atoms in total. The molecule has 2 rings (SSSR count). The fraction of sp³-hybridized carbons (Fsp3) is 0. The van der Waals surface area contributed by atoms with Crippen LogP contribution in [-0.4, -0.2) is 22.2 Å². The van der Waals surface area contributed by atoms with E-state index >= 15 is 0 Å². The lowest BCUT2D eigenvalue weighted by Gasteiger charge is -2.10. The van der Waals surface area contributed by atoms with E-state index in [0.717, 1.165) is 11.5 Å². The van der Waals surface area contributed by atoms with E-state index in [-0.39, 0.29) is 0 Å². The van der Waals surface area contributed by atoms with Crippen LogP contribution in [0, 0.1) is 0 Å². The summed E-state index contributed by atoms with van der Waals surface area (Å²) in [6.45, 7) is 0. The van der Waals surface area contributed by atoms with Crippen LogP contribution in [0.25, 0.3) is 0 Å². The third kappa shape index (κ3) is 6.06. The molecule has 0 bridgehead atoms. The molecule has 0 spiro atoms. The van der Waals surface area contributed by atoms with Gasteiger partial charge in [-0.05, 0) is 24.3 Å². The number of ether oxygens (including phenoxy) is 2. The SMILES string of the molecule is C1=COC(=C2C=CC=CO2)C=C1.O=C(O)/C=C/C(=O)O. The molecule has 0 fully saturated rings. The highest BCUT2D eigenvalue weighted by Crippen LogP contribution is 2.17. The van der Waals surface area contributed by atoms with Crippen LogP contribution in [0.1, 0.15) is 0 Å². The second-order valence-electron chi connectivity index (χ2n) is 3.35. The van der Waals surface area contributed by atoms with Crippen molar-refractivity contribution in [3.63, 3.8) is 0 Å². The summed E-state index contributed by atoms with van der Waals surface area (Å²) in [5.74, 6) is -1.05. The minimum Gasteiger partial charge on any atom is -0.478 e. The molecule has 0 unspecified atom stereocenters. The van der Waals surface area contributed by atoms with E-state index < -0.39 is 11.9 Å². The molecule has 2 aliphatic rings. The van der Waals surface area contributed by atoms with Gasteiger partial charge in [0.25, 0.3) is 0 Å². The molecule has 6 heteroatoms. The molecule has 104 valence electrons. The van der Waals surface area contributed by atoms with E-state index in [9.17, 15) is 9.59 Å². The molecular formula is C14H12O6. The topological polar surface area (TPSA) is 93.1 Å². The van der Waals surface area contributed by atoms with Crippen molar-refractivity contribution in [2.24, 2.45) is 0 Å². The Hall–Kier alpha value is -3.02. The monoisotopic (exact) mass is 276 g/mol. The number of carbonyl (C=O) groups is 2. The highest BCUT2D eigenvalue weighted by atomic mass is 16.5. The van der Waals surface area contributed by atoms with Crippen molar-refractivity contribution < 1.29 is 29.3 Å². The van der Waals surface area contributed by atoms with E-state index in [2.05, 4.69) is 0 Å². The summed E-state index contributed by atoms with van der Waals surface area (Å²) in [4.78, 5) is 19.1. The summed E-state index contributed by atoms with van der Waals surface area (Å²) in [6, 6.07) is 0. The zero-order chi connectivity index (χ0) is 14.8. The van der Waals surface area contributed by atoms with Crippen LogP contribution in [0.2, 0.25) is 0 Å². The molecule has 0 amide bonds. The van der Waals surface area contributed by atoms with Crippen molar-refractivity contribution in [3.8, 4) is 0 Å². The van der Waals surface area contributed by atoms with Gasteiger partial charge in [0.05, 0.1) is 12.5 Å². The van der Waals surface area contributed by atoms with E-state index in [0.29, 0.717) is 12.2 Å². The van der Waals surface area contributed by atoms with Crippen molar-refractivity contribution in [1.82, 2.24) is 0 Å². The first kappa shape index (κ1) is 15.0. The minimum absolute atomic E-state index is 0.558. The lowest BCUT2D eigenvalue weighted by Crippen LogP contribution is -1.94. The second-order valence-corrected chi connectivity index (χ2v) is 3.35. The number of carboxylic acids is 2. The predicted octanol–water partition coefficient (Wildman–Crippen LogP) is 2.11. The van der Waals surface area contributed by atoms with Crippen LogP contribution >= 0.6 is 0 Å². The first-order valence-corrected chi connectivity index (χ1v) is 5.47. The van der Waals surface area contributed by atoms with Crippen molar-refractivity contribution in [1.29, 1.82) is 0 Å². The van der Waals surface area contributed by atoms with Gasteiger partial charge in [0, 0.05) is 12.2 Å². The number of aliphatic carboxylic acids is 2. The van der Waals surface area contributed by atoms with Gasteiger partial charge in [-0.2, -0.15) is 0 Å². The third-order valence-corrected chi connectivity index (χ3v) is 1.88. The van der Waals surface area contributed by atoms with Crippen molar-refractivity contribution >= 4 is 11.9 Å². The van der Waals surface area contributed by atoms with Crippen LogP contribution in [0.3, 0.4) is 0 Å². The highest BCUT2D eigenvalue weighted by Gasteiger charge is 2.05. The van der Waals surface area contributed by atoms with Crippen LogP contribution in [0.4, 0.5) is 0 Å². The molecule has 2 N–H and O–H groups in total. The standard InChI is InChI=1S/C10H8O2.C4H4O4/c1-3-7-11-9(5-1)10-6-2-4-8-12-10;5-3(6)1-2-4(7)8/h1-8H;1-2H,(H,5,6)(H,7,8)/b;2-1+. The second kappa shape index (κ2) is 8.15. The van der Waals surface area contributed by atoms with E-state index in [1.165, 1.54) is 0 Å². The molecular weight excluding hydrogens is 264 g/mol. The van der Waals surface area contributed by atoms with E-state index in [1.54, 1.807) is 12.5 Å². The molecule has 0 radical (unpaired) electrons. The lowest BCUT2D eigenvalue weighted by molar-refractivity contribution is -0.134. The molecule has 2 aliphatic heterocycles. The largest absolute Gasteiger partial charge is 0.478 e. The molecule has 2 heterocycles. The van der Waals surface area contributed by atoms with Crippen LogP contribution in [0.5, 0.6) is 0 Å². The Morgan fingerprint density at radius 2 is 1.20 bits per heavy atom. The number of rotatable bonds is 2. The fourth-order valence-corrected chi connectivity index (χ4v) is 1.10. The Morgan fingerprint density at radius 3 is 1.45 bits per heavy atom. The van der Waals surface area contributed by atoms with Crippen molar-refractivity contribution in [2.45, 2.75) is 0 Å². The molecule has 0 atom stereocenters. The molecule has 0 aromatic heterocycles. The predicted molar refractivity (Wildman–Crippen MR) is 70.2 cm³/mol. The molecule has 0 aromatic carbocycles. The Morgan fingerprint density at radius 1 is 0.800 bits per heavy atom. The zero-order valence-electron chi connectivity index (χ0n) is 10.3. The van der Waals surface area contributed by atoms with Gasteiger partial charge in [0.2, 0.25) is 0 Å². The maximum absolute atomic E-state index is 9.55. The Labute approximate surface area is 114 Å². The number of hydrogen-bond acceptors (Lipinski definition) is 4. The van der Waals surface area contributed by atoms with Gasteiger partial charge in [-0.3, -0.25) is 0 Å². The van der Waals surface area contributed by atoms with Gasteiger partial charge < -0.3 is 19.7 Å². The average Bonchev–Trinajstić information content (AvgIpc) is 2.48. The Balaban J connectivity index is 0.000000221. The minimum atomic E-state index is -1.26. The van der Waals surface area contributed by atoms with Gasteiger partial charge in [-0.25, -0.2) is 9.59 Å². The Kier molecular flexibility index (Phi) is 6.13. The van der Waals surface area contributed by atoms with E-state index in [1.807, 2.05) is 36.5 Å². The maximum Gasteiger partial charge on any atom is 0.328 e. The zero-order valence-corrected chi connectivity index (χ0v) is 10.3. The normalized spacial score (nSPS) is 19.0. The van der Waals surface area contributed by atoms with Gasteiger partial charge in [-0.1, -0.05) is 12.2 Å². The average molecular weight is 276 g/mol. The summed E-state index contributed by atoms with van der Waals surface area (Å²) in [5.41, 5.74) is 0. The van der Waals surface area contributed by atoms with Crippen molar-refractivity contribution in [2.75, 3.05) is 0 Å². The Bertz CT molecular complexity index is 498. The summed E-state index contributed by atoms with van der Waals surface area (Å²) >= 11 is 0. The summed E-state index contributed by atoms with van der Waals surface area (Å²) < 4.78 is 10.4. The molecule has 0 aromatic rings. The maximum atomic E-state index is 9.55. The van der Waals surface area contributed by atoms with E-state index in [4.69, 9.17) is 19.7 Å². The number of allylic oxidation sites excluding steroid dienone is 6. The summed E-state index contributed by atoms with van der Waals surface area (Å²) in [5, 5.41) is 15.6. The summed E-state index contributed by atoms with van der Waals surface area (Å²) in [7, 11) is 0. The lowest BCUT2D eigenvalue weighted by atomic mass is 10.3. The van der Waals surface area contributed by atoms with Crippen LogP contribution in [-0.2, 0) is 19.1 Å². The van der Waals surface area contributed by atoms with Crippen LogP contribution in [0.15, 0.2) is 72.7 Å². The van der Waals surface area contributed by atoms with Crippen LogP contribution < -0.4 is 0 Å². The van der Waals surface area contributed by atoms with Crippen molar-refractivity contribution in [3.05, 3.63) is 72.7 Å². The quantitative estimate of drug-likeness (QED) is 0.750. The van der Waals surface area contributed by atoms with Gasteiger partial charge in [0.1, 0.15) is 0 Å². The molecule has 20 heavy (non-hydrogen) atoms. The van der Waals surface area contributed by atoms with Gasteiger partial charge in [-0.15, -0.1) is 0 Å². The molecule has 0 aliphatic carbocycles. The van der Waals surface area contributed by atoms with Gasteiger partial charge >= 0.3 is 11.9 Å². The highest BCUT2D eigenvalue weighted by molar-refractivity contribution is 5.89. The first-order chi connectivity index (χ1) is 9.59. The number of carboxylic acid groups (broad SMARTS) is 2. The number of hydrogen-bond donors (Lipinski definition) is 2.